The second kappa shape index (κ2) is 5.09. The van der Waals surface area contributed by atoms with Crippen LogP contribution in [0.4, 0.5) is 0 Å². The fourth-order valence-electron chi connectivity index (χ4n) is 1.37. The molecule has 0 aliphatic carbocycles. The first-order valence-corrected chi connectivity index (χ1v) is 5.85. The molecule has 2 rings (SSSR count). The van der Waals surface area contributed by atoms with E-state index in [2.05, 4.69) is 25.9 Å². The number of ether oxygens (including phenoxy) is 2. The molecular formula is C9H10BrClN2O2. The highest BCUT2D eigenvalue weighted by atomic mass is 79.9. The molecular weight excluding hydrogens is 283 g/mol. The van der Waals surface area contributed by atoms with E-state index in [0.717, 1.165) is 30.5 Å². The first-order chi connectivity index (χ1) is 7.25. The number of halogens is 2. The molecule has 82 valence electrons. The van der Waals surface area contributed by atoms with Crippen molar-refractivity contribution in [3.63, 3.8) is 0 Å². The number of hydrogen-bond acceptors (Lipinski definition) is 4. The largest absolute Gasteiger partial charge is 0.473 e. The third-order valence-electron chi connectivity index (χ3n) is 2.13. The van der Waals surface area contributed by atoms with Gasteiger partial charge in [0.15, 0.2) is 0 Å². The van der Waals surface area contributed by atoms with Crippen molar-refractivity contribution < 1.29 is 9.47 Å². The number of nitrogens with zero attached hydrogens (tertiary/aromatic N) is 2. The predicted octanol–water partition coefficient (Wildman–Crippen LogP) is 2.45. The topological polar surface area (TPSA) is 44.2 Å². The minimum Gasteiger partial charge on any atom is -0.473 e. The molecule has 4 nitrogen and oxygen atoms in total. The first kappa shape index (κ1) is 11.1. The average molecular weight is 294 g/mol. The van der Waals surface area contributed by atoms with Crippen LogP contribution in [0.2, 0.25) is 5.28 Å². The zero-order valence-electron chi connectivity index (χ0n) is 7.95. The van der Waals surface area contributed by atoms with Crippen molar-refractivity contribution in [2.24, 2.45) is 0 Å². The van der Waals surface area contributed by atoms with Gasteiger partial charge in [-0.3, -0.25) is 0 Å². The highest BCUT2D eigenvalue weighted by Gasteiger charge is 2.17. The maximum atomic E-state index is 5.70. The van der Waals surface area contributed by atoms with Crippen LogP contribution in [0.1, 0.15) is 12.8 Å². The Labute approximate surface area is 101 Å². The van der Waals surface area contributed by atoms with Gasteiger partial charge in [-0.2, -0.15) is 4.98 Å². The van der Waals surface area contributed by atoms with Gasteiger partial charge in [0.25, 0.3) is 0 Å². The molecule has 0 atom stereocenters. The van der Waals surface area contributed by atoms with Crippen molar-refractivity contribution in [1.29, 1.82) is 0 Å². The van der Waals surface area contributed by atoms with Crippen molar-refractivity contribution >= 4 is 27.5 Å². The Morgan fingerprint density at radius 1 is 1.47 bits per heavy atom. The minimum atomic E-state index is 0.154. The molecule has 0 saturated carbocycles. The number of rotatable bonds is 2. The van der Waals surface area contributed by atoms with E-state index in [0.29, 0.717) is 5.88 Å². The molecule has 1 aliphatic heterocycles. The van der Waals surface area contributed by atoms with Crippen molar-refractivity contribution in [2.45, 2.75) is 18.9 Å². The van der Waals surface area contributed by atoms with Gasteiger partial charge in [0.2, 0.25) is 11.2 Å². The molecule has 0 bridgehead atoms. The van der Waals surface area contributed by atoms with Gasteiger partial charge in [0.1, 0.15) is 6.10 Å². The smallest absolute Gasteiger partial charge is 0.232 e. The highest BCUT2D eigenvalue weighted by Crippen LogP contribution is 2.25. The fourth-order valence-corrected chi connectivity index (χ4v) is 1.78. The van der Waals surface area contributed by atoms with E-state index in [1.165, 1.54) is 0 Å². The maximum absolute atomic E-state index is 5.70. The summed E-state index contributed by atoms with van der Waals surface area (Å²) in [6.07, 6.45) is 3.51. The van der Waals surface area contributed by atoms with Crippen molar-refractivity contribution in [1.82, 2.24) is 9.97 Å². The lowest BCUT2D eigenvalue weighted by Gasteiger charge is -2.22. The Bertz CT molecular complexity index is 345. The summed E-state index contributed by atoms with van der Waals surface area (Å²) in [6, 6.07) is 0. The predicted molar refractivity (Wildman–Crippen MR) is 59.2 cm³/mol. The molecule has 2 heterocycles. The summed E-state index contributed by atoms with van der Waals surface area (Å²) in [7, 11) is 0. The van der Waals surface area contributed by atoms with E-state index in [9.17, 15) is 0 Å². The summed E-state index contributed by atoms with van der Waals surface area (Å²) in [6.45, 7) is 1.47. The van der Waals surface area contributed by atoms with E-state index >= 15 is 0 Å². The van der Waals surface area contributed by atoms with Gasteiger partial charge in [-0.25, -0.2) is 4.98 Å². The summed E-state index contributed by atoms with van der Waals surface area (Å²) in [4.78, 5) is 7.85. The van der Waals surface area contributed by atoms with Crippen LogP contribution >= 0.6 is 27.5 Å². The Kier molecular flexibility index (Phi) is 3.77. The van der Waals surface area contributed by atoms with Crippen LogP contribution in [0, 0.1) is 0 Å². The first-order valence-electron chi connectivity index (χ1n) is 4.68. The Balaban J connectivity index is 2.05. The van der Waals surface area contributed by atoms with E-state index in [4.69, 9.17) is 21.1 Å². The Morgan fingerprint density at radius 3 is 2.93 bits per heavy atom. The molecule has 1 aliphatic rings. The average Bonchev–Trinajstić information content (AvgIpc) is 2.25. The normalized spacial score (nSPS) is 17.7. The molecule has 6 heteroatoms. The molecule has 0 radical (unpaired) electrons. The highest BCUT2D eigenvalue weighted by molar-refractivity contribution is 9.10. The van der Waals surface area contributed by atoms with Crippen LogP contribution in [-0.4, -0.2) is 29.3 Å². The van der Waals surface area contributed by atoms with E-state index < -0.39 is 0 Å². The van der Waals surface area contributed by atoms with Crippen LogP contribution in [-0.2, 0) is 4.74 Å². The van der Waals surface area contributed by atoms with Crippen molar-refractivity contribution in [3.8, 4) is 5.88 Å². The summed E-state index contributed by atoms with van der Waals surface area (Å²) in [5, 5.41) is 0.195. The zero-order chi connectivity index (χ0) is 10.7. The molecule has 0 spiro atoms. The van der Waals surface area contributed by atoms with Gasteiger partial charge in [0.05, 0.1) is 17.7 Å². The quantitative estimate of drug-likeness (QED) is 0.786. The molecule has 1 saturated heterocycles. The van der Waals surface area contributed by atoms with E-state index in [1.807, 2.05) is 0 Å². The SMILES string of the molecule is Clc1ncc(Br)c(OC2CCOCC2)n1. The summed E-state index contributed by atoms with van der Waals surface area (Å²) in [5.74, 6) is 0.502. The summed E-state index contributed by atoms with van der Waals surface area (Å²) in [5.41, 5.74) is 0. The fraction of sp³-hybridized carbons (Fsp3) is 0.556. The summed E-state index contributed by atoms with van der Waals surface area (Å²) < 4.78 is 11.7. The Hall–Kier alpha value is -0.390. The zero-order valence-corrected chi connectivity index (χ0v) is 10.3. The second-order valence-electron chi connectivity index (χ2n) is 3.22. The number of aromatic nitrogens is 2. The van der Waals surface area contributed by atoms with Gasteiger partial charge in [-0.1, -0.05) is 0 Å². The van der Waals surface area contributed by atoms with Crippen LogP contribution in [0.5, 0.6) is 5.88 Å². The van der Waals surface area contributed by atoms with Crippen LogP contribution in [0.15, 0.2) is 10.7 Å². The van der Waals surface area contributed by atoms with Crippen LogP contribution in [0.3, 0.4) is 0 Å². The van der Waals surface area contributed by atoms with E-state index in [-0.39, 0.29) is 11.4 Å². The lowest BCUT2D eigenvalue weighted by atomic mass is 10.2. The molecule has 1 fully saturated rings. The minimum absolute atomic E-state index is 0.154. The van der Waals surface area contributed by atoms with Crippen LogP contribution < -0.4 is 4.74 Å². The second-order valence-corrected chi connectivity index (χ2v) is 4.41. The van der Waals surface area contributed by atoms with Gasteiger partial charge >= 0.3 is 0 Å². The van der Waals surface area contributed by atoms with Gasteiger partial charge in [-0.15, -0.1) is 0 Å². The lowest BCUT2D eigenvalue weighted by Crippen LogP contribution is -2.26. The molecule has 1 aromatic rings. The van der Waals surface area contributed by atoms with Gasteiger partial charge in [0, 0.05) is 19.0 Å². The van der Waals surface area contributed by atoms with E-state index in [1.54, 1.807) is 6.20 Å². The van der Waals surface area contributed by atoms with Crippen molar-refractivity contribution in [2.75, 3.05) is 13.2 Å². The molecule has 0 unspecified atom stereocenters. The molecule has 0 aromatic carbocycles. The monoisotopic (exact) mass is 292 g/mol. The summed E-state index contributed by atoms with van der Waals surface area (Å²) >= 11 is 9.00. The molecule has 1 aromatic heterocycles. The lowest BCUT2D eigenvalue weighted by molar-refractivity contribution is 0.0233. The number of hydrogen-bond donors (Lipinski definition) is 0. The standard InChI is InChI=1S/C9H10BrClN2O2/c10-7-5-12-9(11)13-8(7)15-6-1-3-14-4-2-6/h5-6H,1-4H2. The third kappa shape index (κ3) is 3.03. The molecule has 15 heavy (non-hydrogen) atoms. The maximum Gasteiger partial charge on any atom is 0.232 e. The third-order valence-corrected chi connectivity index (χ3v) is 2.86. The van der Waals surface area contributed by atoms with Crippen molar-refractivity contribution in [3.05, 3.63) is 16.0 Å². The van der Waals surface area contributed by atoms with Gasteiger partial charge in [-0.05, 0) is 27.5 Å². The Morgan fingerprint density at radius 2 is 2.20 bits per heavy atom. The molecule has 0 amide bonds. The molecule has 0 N–H and O–H groups in total. The van der Waals surface area contributed by atoms with Crippen LogP contribution in [0.25, 0.3) is 0 Å². The van der Waals surface area contributed by atoms with Gasteiger partial charge < -0.3 is 9.47 Å².